The zero-order valence-corrected chi connectivity index (χ0v) is 11.6. The van der Waals surface area contributed by atoms with Crippen LogP contribution in [0.1, 0.15) is 47.6 Å². The van der Waals surface area contributed by atoms with Gasteiger partial charge in [0.1, 0.15) is 6.04 Å². The number of aryl methyl sites for hydroxylation is 1. The number of hydrogen-bond acceptors (Lipinski definition) is 2. The quantitative estimate of drug-likeness (QED) is 0.908. The lowest BCUT2D eigenvalue weighted by atomic mass is 10.2. The minimum atomic E-state index is -0.944. The average molecular weight is 264 g/mol. The van der Waals surface area contributed by atoms with Crippen molar-refractivity contribution >= 4 is 11.9 Å². The molecule has 0 spiro atoms. The van der Waals surface area contributed by atoms with E-state index in [1.807, 2.05) is 23.3 Å². The first kappa shape index (κ1) is 13.6. The van der Waals surface area contributed by atoms with Gasteiger partial charge in [-0.15, -0.1) is 0 Å². The Kier molecular flexibility index (Phi) is 3.64. The predicted octanol–water partition coefficient (Wildman–Crippen LogP) is 1.99. The van der Waals surface area contributed by atoms with E-state index in [0.29, 0.717) is 5.69 Å². The number of likely N-dealkylation sites (tertiary alicyclic amines) is 1. The largest absolute Gasteiger partial charge is 0.478 e. The molecule has 1 aliphatic rings. The van der Waals surface area contributed by atoms with Crippen LogP contribution in [0.3, 0.4) is 0 Å². The number of carbonyl (C=O) groups excluding carboxylic acids is 1. The third-order valence-electron chi connectivity index (χ3n) is 3.88. The zero-order valence-electron chi connectivity index (χ0n) is 11.6. The van der Waals surface area contributed by atoms with E-state index < -0.39 is 5.97 Å². The standard InChI is InChI=1S/C14H20N2O3/c1-9-8-12(14(18)19)10(2)16(9)11(3)13(17)15-6-4-5-7-15/h8,11H,4-7H2,1-3H3,(H,18,19). The van der Waals surface area contributed by atoms with E-state index in [1.165, 1.54) is 0 Å². The van der Waals surface area contributed by atoms with Crippen LogP contribution < -0.4 is 0 Å². The molecule has 0 bridgehead atoms. The van der Waals surface area contributed by atoms with E-state index in [0.717, 1.165) is 31.6 Å². The Morgan fingerprint density at radius 3 is 2.32 bits per heavy atom. The minimum absolute atomic E-state index is 0.0799. The summed E-state index contributed by atoms with van der Waals surface area (Å²) in [5, 5.41) is 9.13. The van der Waals surface area contributed by atoms with Crippen LogP contribution in [0.15, 0.2) is 6.07 Å². The van der Waals surface area contributed by atoms with E-state index in [-0.39, 0.29) is 17.5 Å². The summed E-state index contributed by atoms with van der Waals surface area (Å²) in [5.74, 6) is -0.864. The van der Waals surface area contributed by atoms with Crippen molar-refractivity contribution in [3.63, 3.8) is 0 Å². The smallest absolute Gasteiger partial charge is 0.337 e. The van der Waals surface area contributed by atoms with Crippen molar-refractivity contribution in [2.45, 2.75) is 39.7 Å². The van der Waals surface area contributed by atoms with Crippen LogP contribution >= 0.6 is 0 Å². The maximum atomic E-state index is 12.4. The number of carboxylic acids is 1. The Balaban J connectivity index is 2.30. The van der Waals surface area contributed by atoms with Crippen LogP contribution in [-0.4, -0.2) is 39.5 Å². The second-order valence-corrected chi connectivity index (χ2v) is 5.17. The van der Waals surface area contributed by atoms with E-state index in [2.05, 4.69) is 0 Å². The molecule has 19 heavy (non-hydrogen) atoms. The Labute approximate surface area is 112 Å². The zero-order chi connectivity index (χ0) is 14.2. The number of carboxylic acid groups (broad SMARTS) is 1. The van der Waals surface area contributed by atoms with Gasteiger partial charge >= 0.3 is 5.97 Å². The van der Waals surface area contributed by atoms with Crippen LogP contribution in [0.5, 0.6) is 0 Å². The summed E-state index contributed by atoms with van der Waals surface area (Å²) in [6.45, 7) is 7.06. The van der Waals surface area contributed by atoms with E-state index in [4.69, 9.17) is 5.11 Å². The van der Waals surface area contributed by atoms with Gasteiger partial charge in [0.25, 0.3) is 0 Å². The fraction of sp³-hybridized carbons (Fsp3) is 0.571. The van der Waals surface area contributed by atoms with Gasteiger partial charge in [0.2, 0.25) is 5.91 Å². The second-order valence-electron chi connectivity index (χ2n) is 5.17. The first-order chi connectivity index (χ1) is 8.93. The van der Waals surface area contributed by atoms with Gasteiger partial charge in [-0.05, 0) is 39.7 Å². The van der Waals surface area contributed by atoms with Gasteiger partial charge in [0, 0.05) is 24.5 Å². The molecule has 1 aromatic heterocycles. The lowest BCUT2D eigenvalue weighted by Gasteiger charge is -2.23. The molecule has 1 aromatic rings. The van der Waals surface area contributed by atoms with Gasteiger partial charge in [-0.25, -0.2) is 4.79 Å². The normalized spacial score (nSPS) is 16.7. The highest BCUT2D eigenvalue weighted by molar-refractivity contribution is 5.90. The lowest BCUT2D eigenvalue weighted by molar-refractivity contribution is -0.133. The SMILES string of the molecule is Cc1cc(C(=O)O)c(C)n1C(C)C(=O)N1CCCC1. The number of rotatable bonds is 3. The predicted molar refractivity (Wildman–Crippen MR) is 71.4 cm³/mol. The second kappa shape index (κ2) is 5.07. The van der Waals surface area contributed by atoms with Crippen molar-refractivity contribution in [3.05, 3.63) is 23.0 Å². The summed E-state index contributed by atoms with van der Waals surface area (Å²) in [4.78, 5) is 25.4. The summed E-state index contributed by atoms with van der Waals surface area (Å²) < 4.78 is 1.82. The lowest BCUT2D eigenvalue weighted by Crippen LogP contribution is -2.34. The summed E-state index contributed by atoms with van der Waals surface area (Å²) in [7, 11) is 0. The number of hydrogen-bond donors (Lipinski definition) is 1. The van der Waals surface area contributed by atoms with Crippen LogP contribution in [0, 0.1) is 13.8 Å². The third kappa shape index (κ3) is 2.37. The maximum Gasteiger partial charge on any atom is 0.337 e. The van der Waals surface area contributed by atoms with Crippen molar-refractivity contribution < 1.29 is 14.7 Å². The molecular weight excluding hydrogens is 244 g/mol. The van der Waals surface area contributed by atoms with Crippen molar-refractivity contribution in [1.82, 2.24) is 9.47 Å². The molecule has 5 nitrogen and oxygen atoms in total. The first-order valence-electron chi connectivity index (χ1n) is 6.64. The number of nitrogens with zero attached hydrogens (tertiary/aromatic N) is 2. The van der Waals surface area contributed by atoms with Gasteiger partial charge < -0.3 is 14.6 Å². The van der Waals surface area contributed by atoms with Crippen molar-refractivity contribution in [1.29, 1.82) is 0 Å². The van der Waals surface area contributed by atoms with Crippen LogP contribution in [0.25, 0.3) is 0 Å². The molecule has 0 aliphatic carbocycles. The van der Waals surface area contributed by atoms with Gasteiger partial charge in [0.05, 0.1) is 5.56 Å². The summed E-state index contributed by atoms with van der Waals surface area (Å²) in [5.41, 5.74) is 1.73. The Morgan fingerprint density at radius 2 is 1.84 bits per heavy atom. The summed E-state index contributed by atoms with van der Waals surface area (Å²) >= 11 is 0. The number of aromatic carboxylic acids is 1. The highest BCUT2D eigenvalue weighted by atomic mass is 16.4. The van der Waals surface area contributed by atoms with Gasteiger partial charge in [-0.1, -0.05) is 0 Å². The molecular formula is C14H20N2O3. The molecule has 1 saturated heterocycles. The van der Waals surface area contributed by atoms with E-state index in [1.54, 1.807) is 13.0 Å². The molecule has 0 saturated carbocycles. The number of carbonyl (C=O) groups is 2. The van der Waals surface area contributed by atoms with E-state index >= 15 is 0 Å². The van der Waals surface area contributed by atoms with Crippen LogP contribution in [0.2, 0.25) is 0 Å². The monoisotopic (exact) mass is 264 g/mol. The molecule has 1 N–H and O–H groups in total. The van der Waals surface area contributed by atoms with Crippen molar-refractivity contribution in [3.8, 4) is 0 Å². The molecule has 1 atom stereocenters. The molecule has 2 rings (SSSR count). The first-order valence-corrected chi connectivity index (χ1v) is 6.64. The van der Waals surface area contributed by atoms with Gasteiger partial charge in [0.15, 0.2) is 0 Å². The molecule has 1 amide bonds. The topological polar surface area (TPSA) is 62.5 Å². The number of amides is 1. The molecule has 1 aliphatic heterocycles. The maximum absolute atomic E-state index is 12.4. The Hall–Kier alpha value is -1.78. The molecule has 1 fully saturated rings. The molecule has 104 valence electrons. The summed E-state index contributed by atoms with van der Waals surface area (Å²) in [6.07, 6.45) is 2.12. The highest BCUT2D eigenvalue weighted by Gasteiger charge is 2.27. The van der Waals surface area contributed by atoms with Crippen LogP contribution in [-0.2, 0) is 4.79 Å². The fourth-order valence-corrected chi connectivity index (χ4v) is 2.90. The Morgan fingerprint density at radius 1 is 1.26 bits per heavy atom. The van der Waals surface area contributed by atoms with Gasteiger partial charge in [-0.3, -0.25) is 4.79 Å². The van der Waals surface area contributed by atoms with E-state index in [9.17, 15) is 9.59 Å². The fourth-order valence-electron chi connectivity index (χ4n) is 2.90. The third-order valence-corrected chi connectivity index (χ3v) is 3.88. The van der Waals surface area contributed by atoms with Gasteiger partial charge in [-0.2, -0.15) is 0 Å². The molecule has 1 unspecified atom stereocenters. The summed E-state index contributed by atoms with van der Waals surface area (Å²) in [6, 6.07) is 1.29. The minimum Gasteiger partial charge on any atom is -0.478 e. The molecule has 0 aromatic carbocycles. The molecule has 5 heteroatoms. The highest BCUT2D eigenvalue weighted by Crippen LogP contribution is 2.23. The van der Waals surface area contributed by atoms with Crippen LogP contribution in [0.4, 0.5) is 0 Å². The number of aromatic nitrogens is 1. The van der Waals surface area contributed by atoms with Crippen molar-refractivity contribution in [2.75, 3.05) is 13.1 Å². The average Bonchev–Trinajstić information content (AvgIpc) is 2.96. The molecule has 0 radical (unpaired) electrons. The van der Waals surface area contributed by atoms with Crippen molar-refractivity contribution in [2.24, 2.45) is 0 Å². The Bertz CT molecular complexity index is 513. The molecule has 2 heterocycles.